The number of hydrogen-bond acceptors (Lipinski definition) is 5. The van der Waals surface area contributed by atoms with E-state index in [2.05, 4.69) is 15.8 Å². The van der Waals surface area contributed by atoms with Gasteiger partial charge in [-0.3, -0.25) is 9.59 Å². The van der Waals surface area contributed by atoms with Gasteiger partial charge in [-0.15, -0.1) is 0 Å². The fraction of sp³-hybridized carbons (Fsp3) is 0.250. The Hall–Kier alpha value is -4.20. The number of hydrazone groups is 1. The van der Waals surface area contributed by atoms with E-state index >= 15 is 0 Å². The second-order valence-electron chi connectivity index (χ2n) is 8.62. The molecule has 3 rings (SSSR count). The van der Waals surface area contributed by atoms with E-state index in [0.29, 0.717) is 23.7 Å². The molecule has 3 aromatic rings. The third kappa shape index (κ3) is 7.40. The van der Waals surface area contributed by atoms with Gasteiger partial charge >= 0.3 is 0 Å². The van der Waals surface area contributed by atoms with E-state index < -0.39 is 23.7 Å². The van der Waals surface area contributed by atoms with Gasteiger partial charge in [0.1, 0.15) is 18.5 Å². The summed E-state index contributed by atoms with van der Waals surface area (Å²) in [6, 6.07) is 17.7. The highest BCUT2D eigenvalue weighted by atomic mass is 19.1. The van der Waals surface area contributed by atoms with Crippen LogP contribution in [-0.4, -0.2) is 31.2 Å². The lowest BCUT2D eigenvalue weighted by Crippen LogP contribution is -2.48. The largest absolute Gasteiger partial charge is 0.493 e. The van der Waals surface area contributed by atoms with Crippen LogP contribution in [0, 0.1) is 18.7 Å². The van der Waals surface area contributed by atoms with Crippen molar-refractivity contribution in [2.75, 3.05) is 7.11 Å². The van der Waals surface area contributed by atoms with Gasteiger partial charge in [-0.1, -0.05) is 43.7 Å². The van der Waals surface area contributed by atoms with E-state index in [9.17, 15) is 14.0 Å². The second-order valence-corrected chi connectivity index (χ2v) is 8.62. The van der Waals surface area contributed by atoms with Crippen molar-refractivity contribution in [1.82, 2.24) is 10.7 Å². The zero-order valence-electron chi connectivity index (χ0n) is 20.7. The summed E-state index contributed by atoms with van der Waals surface area (Å²) in [4.78, 5) is 25.1. The number of benzene rings is 3. The predicted octanol–water partition coefficient (Wildman–Crippen LogP) is 4.63. The minimum absolute atomic E-state index is 0.199. The number of amides is 2. The van der Waals surface area contributed by atoms with Crippen LogP contribution in [0.25, 0.3) is 0 Å². The number of nitrogens with one attached hydrogen (secondary N) is 2. The van der Waals surface area contributed by atoms with Crippen LogP contribution in [-0.2, 0) is 11.4 Å². The molecule has 7 nitrogen and oxygen atoms in total. The van der Waals surface area contributed by atoms with Gasteiger partial charge in [-0.25, -0.2) is 9.82 Å². The Labute approximate surface area is 210 Å². The number of carbonyl (C=O) groups is 2. The van der Waals surface area contributed by atoms with E-state index in [1.54, 1.807) is 39.2 Å². The number of methoxy groups -OCH3 is 1. The quantitative estimate of drug-likeness (QED) is 0.320. The molecule has 2 N–H and O–H groups in total. The first-order valence-electron chi connectivity index (χ1n) is 11.5. The molecule has 1 unspecified atom stereocenters. The summed E-state index contributed by atoms with van der Waals surface area (Å²) >= 11 is 0. The highest BCUT2D eigenvalue weighted by Gasteiger charge is 2.24. The van der Waals surface area contributed by atoms with Crippen molar-refractivity contribution in [2.45, 2.75) is 33.4 Å². The molecule has 0 saturated carbocycles. The summed E-state index contributed by atoms with van der Waals surface area (Å²) in [6.45, 7) is 6.04. The Kier molecular flexibility index (Phi) is 9.16. The van der Waals surface area contributed by atoms with Crippen molar-refractivity contribution in [3.8, 4) is 11.5 Å². The highest BCUT2D eigenvalue weighted by Crippen LogP contribution is 2.28. The van der Waals surface area contributed by atoms with Crippen LogP contribution in [0.5, 0.6) is 11.5 Å². The lowest BCUT2D eigenvalue weighted by atomic mass is 10.0. The monoisotopic (exact) mass is 491 g/mol. The third-order valence-corrected chi connectivity index (χ3v) is 5.43. The summed E-state index contributed by atoms with van der Waals surface area (Å²) in [6.07, 6.45) is 1.48. The molecule has 8 heteroatoms. The summed E-state index contributed by atoms with van der Waals surface area (Å²) in [7, 11) is 1.55. The first kappa shape index (κ1) is 26.4. The minimum Gasteiger partial charge on any atom is -0.493 e. The number of carbonyl (C=O) groups excluding carboxylic acids is 2. The molecule has 36 heavy (non-hydrogen) atoms. The van der Waals surface area contributed by atoms with Crippen molar-refractivity contribution in [1.29, 1.82) is 0 Å². The minimum atomic E-state index is -0.827. The van der Waals surface area contributed by atoms with Gasteiger partial charge in [0.2, 0.25) is 0 Å². The van der Waals surface area contributed by atoms with E-state index in [-0.39, 0.29) is 11.5 Å². The third-order valence-electron chi connectivity index (χ3n) is 5.43. The van der Waals surface area contributed by atoms with Crippen LogP contribution >= 0.6 is 0 Å². The van der Waals surface area contributed by atoms with Crippen molar-refractivity contribution in [2.24, 2.45) is 11.0 Å². The van der Waals surface area contributed by atoms with E-state index in [1.165, 1.54) is 36.0 Å². The van der Waals surface area contributed by atoms with Gasteiger partial charge in [0, 0.05) is 5.56 Å². The molecule has 0 spiro atoms. The Balaban J connectivity index is 1.60. The normalized spacial score (nSPS) is 11.8. The molecule has 0 aromatic heterocycles. The number of hydrogen-bond donors (Lipinski definition) is 2. The summed E-state index contributed by atoms with van der Waals surface area (Å²) in [5, 5.41) is 6.69. The maximum absolute atomic E-state index is 13.1. The molecule has 0 fully saturated rings. The SMILES string of the molecule is COc1cc(/C=N/NC(=O)C(NC(=O)c2ccc(F)cc2)C(C)C)ccc1OCc1ccc(C)cc1. The van der Waals surface area contributed by atoms with Crippen molar-refractivity contribution in [3.05, 3.63) is 94.8 Å². The average molecular weight is 492 g/mol. The van der Waals surface area contributed by atoms with E-state index in [1.807, 2.05) is 31.2 Å². The first-order chi connectivity index (χ1) is 17.3. The van der Waals surface area contributed by atoms with Gasteiger partial charge in [0.05, 0.1) is 13.3 Å². The summed E-state index contributed by atoms with van der Waals surface area (Å²) < 4.78 is 24.4. The topological polar surface area (TPSA) is 89.0 Å². The fourth-order valence-electron chi connectivity index (χ4n) is 3.33. The molecular formula is C28H30FN3O4. The van der Waals surface area contributed by atoms with Crippen LogP contribution in [0.2, 0.25) is 0 Å². The zero-order valence-corrected chi connectivity index (χ0v) is 20.7. The van der Waals surface area contributed by atoms with Crippen molar-refractivity contribution >= 4 is 18.0 Å². The van der Waals surface area contributed by atoms with Gasteiger partial charge in [-0.2, -0.15) is 5.10 Å². The predicted molar refractivity (Wildman–Crippen MR) is 137 cm³/mol. The molecule has 1 atom stereocenters. The second kappa shape index (κ2) is 12.5. The molecule has 0 radical (unpaired) electrons. The molecule has 0 saturated heterocycles. The molecule has 0 aliphatic rings. The lowest BCUT2D eigenvalue weighted by molar-refractivity contribution is -0.123. The van der Waals surface area contributed by atoms with Crippen LogP contribution in [0.3, 0.4) is 0 Å². The molecule has 0 aliphatic carbocycles. The Morgan fingerprint density at radius 2 is 1.69 bits per heavy atom. The number of halogens is 1. The standard InChI is InChI=1S/C28H30FN3O4/c1-18(2)26(31-27(33)22-10-12-23(29)13-11-22)28(34)32-30-16-21-9-14-24(25(15-21)35-4)36-17-20-7-5-19(3)6-8-20/h5-16,18,26H,17H2,1-4H3,(H,31,33)(H,32,34)/b30-16+. The molecule has 0 bridgehead atoms. The fourth-order valence-corrected chi connectivity index (χ4v) is 3.33. The molecular weight excluding hydrogens is 461 g/mol. The van der Waals surface area contributed by atoms with Gasteiger partial charge < -0.3 is 14.8 Å². The van der Waals surface area contributed by atoms with Crippen molar-refractivity contribution < 1.29 is 23.5 Å². The first-order valence-corrected chi connectivity index (χ1v) is 11.5. The van der Waals surface area contributed by atoms with E-state index in [0.717, 1.165) is 5.56 Å². The number of ether oxygens (including phenoxy) is 2. The Morgan fingerprint density at radius 3 is 2.33 bits per heavy atom. The van der Waals surface area contributed by atoms with Crippen LogP contribution in [0.1, 0.15) is 40.9 Å². The maximum atomic E-state index is 13.1. The number of rotatable bonds is 10. The van der Waals surface area contributed by atoms with Crippen LogP contribution in [0.15, 0.2) is 71.8 Å². The van der Waals surface area contributed by atoms with Gasteiger partial charge in [-0.05, 0) is 66.4 Å². The zero-order chi connectivity index (χ0) is 26.1. The Morgan fingerprint density at radius 1 is 1.00 bits per heavy atom. The van der Waals surface area contributed by atoms with Gasteiger partial charge in [0.25, 0.3) is 11.8 Å². The number of nitrogens with zero attached hydrogens (tertiary/aromatic N) is 1. The molecule has 2 amide bonds. The van der Waals surface area contributed by atoms with Crippen LogP contribution in [0.4, 0.5) is 4.39 Å². The maximum Gasteiger partial charge on any atom is 0.262 e. The molecule has 3 aromatic carbocycles. The molecule has 188 valence electrons. The van der Waals surface area contributed by atoms with E-state index in [4.69, 9.17) is 9.47 Å². The molecule has 0 aliphatic heterocycles. The summed E-state index contributed by atoms with van der Waals surface area (Å²) in [5.74, 6) is -0.469. The summed E-state index contributed by atoms with van der Waals surface area (Å²) in [5.41, 5.74) is 5.64. The lowest BCUT2D eigenvalue weighted by Gasteiger charge is -2.20. The Bertz CT molecular complexity index is 1210. The average Bonchev–Trinajstić information content (AvgIpc) is 2.87. The number of aryl methyl sites for hydroxylation is 1. The van der Waals surface area contributed by atoms with Crippen molar-refractivity contribution in [3.63, 3.8) is 0 Å². The van der Waals surface area contributed by atoms with Gasteiger partial charge in [0.15, 0.2) is 11.5 Å². The highest BCUT2D eigenvalue weighted by molar-refractivity contribution is 5.97. The van der Waals surface area contributed by atoms with Crippen LogP contribution < -0.4 is 20.2 Å². The molecule has 0 heterocycles. The smallest absolute Gasteiger partial charge is 0.262 e.